The van der Waals surface area contributed by atoms with Gasteiger partial charge in [0.15, 0.2) is 16.1 Å². The second-order valence-corrected chi connectivity index (χ2v) is 10.2. The molecule has 3 aromatic rings. The Hall–Kier alpha value is -2.00. The Morgan fingerprint density at radius 3 is 2.59 bits per heavy atom. The second-order valence-electron chi connectivity index (χ2n) is 8.01. The number of aromatic hydroxyl groups is 1. The van der Waals surface area contributed by atoms with E-state index in [2.05, 4.69) is 15.0 Å². The third-order valence-electron chi connectivity index (χ3n) is 5.65. The molecule has 11 heteroatoms. The molecule has 1 aromatic carbocycles. The molecule has 0 spiro atoms. The monoisotopic (exact) mass is 674 g/mol. The largest absolute Gasteiger partial charge is 0.495 e. The molecule has 2 heterocycles. The Balaban J connectivity index is 0.00000204. The molecular formula is C23H30N4O4S2W. The SMILES string of the molecule is COc1ccc(-c2sc(NC3CCCCC3)nc2C)cc1S(=O)Nc1cnc(O)cc1C.O.[W]. The molecule has 0 aliphatic heterocycles. The van der Waals surface area contributed by atoms with Gasteiger partial charge in [0.1, 0.15) is 10.6 Å². The summed E-state index contributed by atoms with van der Waals surface area (Å²) in [5, 5.41) is 14.1. The summed E-state index contributed by atoms with van der Waals surface area (Å²) in [7, 11) is -0.0175. The predicted molar refractivity (Wildman–Crippen MR) is 134 cm³/mol. The zero-order valence-electron chi connectivity index (χ0n) is 19.4. The first kappa shape index (κ1) is 28.2. The maximum Gasteiger partial charge on any atom is 0.211 e. The molecule has 1 aliphatic rings. The van der Waals surface area contributed by atoms with Gasteiger partial charge in [0, 0.05) is 33.2 Å². The molecule has 184 valence electrons. The first-order chi connectivity index (χ1) is 15.4. The Morgan fingerprint density at radius 1 is 1.18 bits per heavy atom. The van der Waals surface area contributed by atoms with Crippen molar-refractivity contribution >= 4 is 33.1 Å². The van der Waals surface area contributed by atoms with E-state index in [1.807, 2.05) is 32.0 Å². The van der Waals surface area contributed by atoms with E-state index in [0.717, 1.165) is 26.8 Å². The van der Waals surface area contributed by atoms with Crippen LogP contribution in [0, 0.1) is 13.8 Å². The van der Waals surface area contributed by atoms with Gasteiger partial charge in [0.05, 0.1) is 29.6 Å². The smallest absolute Gasteiger partial charge is 0.211 e. The van der Waals surface area contributed by atoms with E-state index in [4.69, 9.17) is 9.72 Å². The minimum Gasteiger partial charge on any atom is -0.495 e. The quantitative estimate of drug-likeness (QED) is 0.337. The van der Waals surface area contributed by atoms with E-state index in [1.54, 1.807) is 18.4 Å². The van der Waals surface area contributed by atoms with Crippen LogP contribution in [0.15, 0.2) is 35.4 Å². The molecular weight excluding hydrogens is 644 g/mol. The van der Waals surface area contributed by atoms with Crippen molar-refractivity contribution in [2.24, 2.45) is 0 Å². The Morgan fingerprint density at radius 2 is 1.91 bits per heavy atom. The van der Waals surface area contributed by atoms with Gasteiger partial charge in [0.25, 0.3) is 0 Å². The van der Waals surface area contributed by atoms with Gasteiger partial charge in [-0.2, -0.15) is 0 Å². The minimum atomic E-state index is -1.58. The number of hydrogen-bond donors (Lipinski definition) is 3. The Labute approximate surface area is 220 Å². The van der Waals surface area contributed by atoms with Crippen LogP contribution in [0.4, 0.5) is 10.8 Å². The molecule has 1 saturated carbocycles. The van der Waals surface area contributed by atoms with Crippen LogP contribution in [0.2, 0.25) is 0 Å². The molecule has 8 nitrogen and oxygen atoms in total. The van der Waals surface area contributed by atoms with Gasteiger partial charge in [0.2, 0.25) is 5.88 Å². The average molecular weight is 674 g/mol. The molecule has 2 aromatic heterocycles. The van der Waals surface area contributed by atoms with Crippen LogP contribution in [0.3, 0.4) is 0 Å². The summed E-state index contributed by atoms with van der Waals surface area (Å²) >= 11 is 1.63. The van der Waals surface area contributed by atoms with Gasteiger partial charge in [-0.05, 0) is 56.0 Å². The number of nitrogens with zero attached hydrogens (tertiary/aromatic N) is 2. The van der Waals surface area contributed by atoms with Gasteiger partial charge in [-0.15, -0.1) is 0 Å². The number of ether oxygens (including phenoxy) is 1. The van der Waals surface area contributed by atoms with E-state index in [0.29, 0.717) is 22.4 Å². The van der Waals surface area contributed by atoms with Gasteiger partial charge >= 0.3 is 0 Å². The van der Waals surface area contributed by atoms with Crippen LogP contribution < -0.4 is 14.8 Å². The van der Waals surface area contributed by atoms with Crippen molar-refractivity contribution in [2.75, 3.05) is 17.1 Å². The molecule has 34 heavy (non-hydrogen) atoms. The summed E-state index contributed by atoms with van der Waals surface area (Å²) in [6, 6.07) is 7.70. The molecule has 1 atom stereocenters. The third-order valence-corrected chi connectivity index (χ3v) is 7.92. The average Bonchev–Trinajstić information content (AvgIpc) is 3.15. The van der Waals surface area contributed by atoms with E-state index in [-0.39, 0.29) is 32.4 Å². The molecule has 1 fully saturated rings. The van der Waals surface area contributed by atoms with Crippen molar-refractivity contribution in [3.63, 3.8) is 0 Å². The molecule has 0 radical (unpaired) electrons. The number of anilines is 2. The predicted octanol–water partition coefficient (Wildman–Crippen LogP) is 4.59. The summed E-state index contributed by atoms with van der Waals surface area (Å²) in [6.07, 6.45) is 7.71. The topological polar surface area (TPSA) is 128 Å². The van der Waals surface area contributed by atoms with Crippen molar-refractivity contribution < 1.29 is 40.6 Å². The normalized spacial score (nSPS) is 14.4. The number of aryl methyl sites for hydroxylation is 2. The van der Waals surface area contributed by atoms with Crippen LogP contribution in [0.25, 0.3) is 10.4 Å². The maximum atomic E-state index is 13.2. The van der Waals surface area contributed by atoms with Crippen LogP contribution in [0.5, 0.6) is 11.6 Å². The first-order valence-corrected chi connectivity index (χ1v) is 12.7. The van der Waals surface area contributed by atoms with Gasteiger partial charge in [-0.1, -0.05) is 30.6 Å². The first-order valence-electron chi connectivity index (χ1n) is 10.7. The number of methoxy groups -OCH3 is 1. The van der Waals surface area contributed by atoms with Crippen LogP contribution in [-0.2, 0) is 32.1 Å². The number of hydrogen-bond acceptors (Lipinski definition) is 7. The molecule has 1 unspecified atom stereocenters. The summed E-state index contributed by atoms with van der Waals surface area (Å²) < 4.78 is 21.6. The van der Waals surface area contributed by atoms with Gasteiger partial charge in [-0.3, -0.25) is 4.72 Å². The minimum absolute atomic E-state index is 0. The number of aromatic nitrogens is 2. The third kappa shape index (κ3) is 6.56. The summed E-state index contributed by atoms with van der Waals surface area (Å²) in [5.74, 6) is 0.461. The fourth-order valence-electron chi connectivity index (χ4n) is 3.91. The van der Waals surface area contributed by atoms with Gasteiger partial charge < -0.3 is 20.6 Å². The standard InChI is InChI=1S/C23H28N4O3S2.H2O.W/c1-14-11-21(28)24-13-18(14)27-32(29)20-12-16(9-10-19(20)30-3)22-15(2)25-23(31-22)26-17-7-5-4-6-8-17;;/h9-13,17,27H,4-8H2,1-3H3,(H,24,28)(H,25,26);1H2;. The van der Waals surface area contributed by atoms with Crippen molar-refractivity contribution in [1.82, 2.24) is 9.97 Å². The Bertz CT molecular complexity index is 1140. The van der Waals surface area contributed by atoms with E-state index in [9.17, 15) is 9.32 Å². The molecule has 1 aliphatic carbocycles. The van der Waals surface area contributed by atoms with Crippen LogP contribution in [0.1, 0.15) is 43.4 Å². The number of rotatable bonds is 7. The van der Waals surface area contributed by atoms with Crippen molar-refractivity contribution in [1.29, 1.82) is 0 Å². The molecule has 0 saturated heterocycles. The number of thiazole rings is 1. The van der Waals surface area contributed by atoms with E-state index >= 15 is 0 Å². The summed E-state index contributed by atoms with van der Waals surface area (Å²) in [6.45, 7) is 3.82. The number of nitrogens with one attached hydrogen (secondary N) is 2. The van der Waals surface area contributed by atoms with E-state index < -0.39 is 11.0 Å². The summed E-state index contributed by atoms with van der Waals surface area (Å²) in [5.41, 5.74) is 3.23. The fourth-order valence-corrected chi connectivity index (χ4v) is 6.04. The van der Waals surface area contributed by atoms with Crippen LogP contribution in [-0.4, -0.2) is 37.9 Å². The zero-order chi connectivity index (χ0) is 22.7. The Kier molecular flexibility index (Phi) is 10.5. The maximum absolute atomic E-state index is 13.2. The zero-order valence-corrected chi connectivity index (χ0v) is 23.9. The van der Waals surface area contributed by atoms with E-state index in [1.165, 1.54) is 44.4 Å². The molecule has 4 rings (SSSR count). The number of benzene rings is 1. The van der Waals surface area contributed by atoms with Gasteiger partial charge in [-0.25, -0.2) is 14.2 Å². The van der Waals surface area contributed by atoms with Crippen LogP contribution >= 0.6 is 11.3 Å². The van der Waals surface area contributed by atoms with Crippen molar-refractivity contribution in [2.45, 2.75) is 56.9 Å². The molecule has 5 N–H and O–H groups in total. The second kappa shape index (κ2) is 12.6. The molecule has 0 amide bonds. The molecule has 0 bridgehead atoms. The van der Waals surface area contributed by atoms with Crippen molar-refractivity contribution in [3.05, 3.63) is 41.7 Å². The fraction of sp³-hybridized carbons (Fsp3) is 0.391. The number of pyridine rings is 1. The van der Waals surface area contributed by atoms with Crippen molar-refractivity contribution in [3.8, 4) is 22.1 Å². The summed E-state index contributed by atoms with van der Waals surface area (Å²) in [4.78, 5) is 10.2.